The predicted octanol–water partition coefficient (Wildman–Crippen LogP) is 1.77. The van der Waals surface area contributed by atoms with E-state index in [4.69, 9.17) is 4.74 Å². The van der Waals surface area contributed by atoms with Crippen molar-refractivity contribution in [1.29, 1.82) is 0 Å². The molecule has 0 saturated heterocycles. The van der Waals surface area contributed by atoms with Crippen LogP contribution in [0.15, 0.2) is 4.99 Å². The molecule has 0 radical (unpaired) electrons. The number of rotatable bonds is 9. The molecule has 100 valence electrons. The molecule has 0 heterocycles. The van der Waals surface area contributed by atoms with E-state index >= 15 is 0 Å². The molecule has 0 aromatic heterocycles. The van der Waals surface area contributed by atoms with Gasteiger partial charge in [-0.2, -0.15) is 0 Å². The first-order valence-electron chi connectivity index (χ1n) is 6.96. The monoisotopic (exact) mass is 241 g/mol. The lowest BCUT2D eigenvalue weighted by atomic mass is 10.3. The molecule has 1 aliphatic rings. The lowest BCUT2D eigenvalue weighted by molar-refractivity contribution is 0.129. The minimum absolute atomic E-state index is 0.773. The van der Waals surface area contributed by atoms with E-state index in [9.17, 15) is 0 Å². The molecule has 1 aliphatic carbocycles. The molecule has 0 aromatic rings. The van der Waals surface area contributed by atoms with Gasteiger partial charge >= 0.3 is 0 Å². The molecule has 0 aromatic carbocycles. The fourth-order valence-electron chi connectivity index (χ4n) is 1.47. The minimum Gasteiger partial charge on any atom is -0.379 e. The number of guanidine groups is 1. The predicted molar refractivity (Wildman–Crippen MR) is 72.4 cm³/mol. The summed E-state index contributed by atoms with van der Waals surface area (Å²) in [5.74, 6) is 1.76. The molecule has 2 N–H and O–H groups in total. The third-order valence-electron chi connectivity index (χ3n) is 2.72. The number of aliphatic imine (C=N–C) groups is 1. The molecular weight excluding hydrogens is 214 g/mol. The average molecular weight is 241 g/mol. The van der Waals surface area contributed by atoms with Crippen molar-refractivity contribution >= 4 is 5.96 Å². The van der Waals surface area contributed by atoms with E-state index in [0.29, 0.717) is 0 Å². The van der Waals surface area contributed by atoms with Crippen molar-refractivity contribution in [2.45, 2.75) is 39.5 Å². The lowest BCUT2D eigenvalue weighted by Crippen LogP contribution is -2.39. The van der Waals surface area contributed by atoms with Gasteiger partial charge in [0.15, 0.2) is 5.96 Å². The molecule has 0 spiro atoms. The second-order valence-electron chi connectivity index (χ2n) is 4.56. The SMILES string of the molecule is CCCCN=C(NCC)NCCOCC1CC1. The Kier molecular flexibility index (Phi) is 7.80. The van der Waals surface area contributed by atoms with Crippen LogP contribution in [-0.2, 0) is 4.74 Å². The van der Waals surface area contributed by atoms with Gasteiger partial charge < -0.3 is 15.4 Å². The summed E-state index contributed by atoms with van der Waals surface area (Å²) >= 11 is 0. The molecule has 0 aliphatic heterocycles. The Morgan fingerprint density at radius 3 is 2.76 bits per heavy atom. The van der Waals surface area contributed by atoms with Gasteiger partial charge in [-0.1, -0.05) is 13.3 Å². The Bertz CT molecular complexity index is 215. The van der Waals surface area contributed by atoms with Crippen molar-refractivity contribution in [3.63, 3.8) is 0 Å². The second-order valence-corrected chi connectivity index (χ2v) is 4.56. The van der Waals surface area contributed by atoms with Gasteiger partial charge in [-0.25, -0.2) is 0 Å². The van der Waals surface area contributed by atoms with Gasteiger partial charge in [0.25, 0.3) is 0 Å². The molecule has 0 amide bonds. The summed E-state index contributed by atoms with van der Waals surface area (Å²) in [6.07, 6.45) is 5.05. The Morgan fingerprint density at radius 2 is 2.12 bits per heavy atom. The molecule has 0 unspecified atom stereocenters. The highest BCUT2D eigenvalue weighted by atomic mass is 16.5. The lowest BCUT2D eigenvalue weighted by Gasteiger charge is -2.11. The Labute approximate surface area is 105 Å². The van der Waals surface area contributed by atoms with Gasteiger partial charge in [0.2, 0.25) is 0 Å². The van der Waals surface area contributed by atoms with Crippen molar-refractivity contribution < 1.29 is 4.74 Å². The van der Waals surface area contributed by atoms with Crippen molar-refractivity contribution in [3.8, 4) is 0 Å². The van der Waals surface area contributed by atoms with E-state index in [1.54, 1.807) is 0 Å². The van der Waals surface area contributed by atoms with Gasteiger partial charge in [0.05, 0.1) is 6.61 Å². The van der Waals surface area contributed by atoms with Crippen molar-refractivity contribution in [3.05, 3.63) is 0 Å². The van der Waals surface area contributed by atoms with Gasteiger partial charge in [-0.05, 0) is 32.1 Å². The number of unbranched alkanes of at least 4 members (excludes halogenated alkanes) is 1. The van der Waals surface area contributed by atoms with Crippen LogP contribution in [0.1, 0.15) is 39.5 Å². The van der Waals surface area contributed by atoms with Crippen LogP contribution in [0.5, 0.6) is 0 Å². The molecule has 1 saturated carbocycles. The maximum absolute atomic E-state index is 5.57. The smallest absolute Gasteiger partial charge is 0.191 e. The first-order chi connectivity index (χ1) is 8.36. The van der Waals surface area contributed by atoms with E-state index in [2.05, 4.69) is 29.5 Å². The van der Waals surface area contributed by atoms with Crippen LogP contribution in [-0.4, -0.2) is 38.8 Å². The summed E-state index contributed by atoms with van der Waals surface area (Å²) in [5.41, 5.74) is 0. The highest BCUT2D eigenvalue weighted by Gasteiger charge is 2.20. The maximum atomic E-state index is 5.57. The van der Waals surface area contributed by atoms with Gasteiger partial charge in [0.1, 0.15) is 0 Å². The van der Waals surface area contributed by atoms with Crippen LogP contribution in [0.4, 0.5) is 0 Å². The molecule has 0 bridgehead atoms. The van der Waals surface area contributed by atoms with Crippen LogP contribution in [0.25, 0.3) is 0 Å². The Morgan fingerprint density at radius 1 is 1.29 bits per heavy atom. The quantitative estimate of drug-likeness (QED) is 0.367. The summed E-state index contributed by atoms with van der Waals surface area (Å²) in [7, 11) is 0. The molecule has 1 fully saturated rings. The highest BCUT2D eigenvalue weighted by molar-refractivity contribution is 5.79. The van der Waals surface area contributed by atoms with Crippen LogP contribution < -0.4 is 10.6 Å². The third kappa shape index (κ3) is 8.02. The van der Waals surface area contributed by atoms with Crippen LogP contribution >= 0.6 is 0 Å². The summed E-state index contributed by atoms with van der Waals surface area (Å²) in [5, 5.41) is 6.52. The summed E-state index contributed by atoms with van der Waals surface area (Å²) < 4.78 is 5.57. The highest BCUT2D eigenvalue weighted by Crippen LogP contribution is 2.28. The fourth-order valence-corrected chi connectivity index (χ4v) is 1.47. The van der Waals surface area contributed by atoms with Crippen molar-refractivity contribution in [2.75, 3.05) is 32.8 Å². The van der Waals surface area contributed by atoms with Crippen LogP contribution in [0, 0.1) is 5.92 Å². The Balaban J connectivity index is 2.02. The molecule has 1 rings (SSSR count). The molecule has 4 nitrogen and oxygen atoms in total. The first kappa shape index (κ1) is 14.3. The van der Waals surface area contributed by atoms with Gasteiger partial charge in [-0.3, -0.25) is 4.99 Å². The van der Waals surface area contributed by atoms with E-state index in [-0.39, 0.29) is 0 Å². The zero-order valence-corrected chi connectivity index (χ0v) is 11.3. The maximum Gasteiger partial charge on any atom is 0.191 e. The summed E-state index contributed by atoms with van der Waals surface area (Å²) in [6, 6.07) is 0. The number of hydrogen-bond acceptors (Lipinski definition) is 2. The second kappa shape index (κ2) is 9.28. The average Bonchev–Trinajstić information content (AvgIpc) is 3.13. The third-order valence-corrected chi connectivity index (χ3v) is 2.72. The minimum atomic E-state index is 0.773. The number of nitrogens with one attached hydrogen (secondary N) is 2. The number of ether oxygens (including phenoxy) is 1. The van der Waals surface area contributed by atoms with Gasteiger partial charge in [0, 0.05) is 26.2 Å². The molecule has 4 heteroatoms. The van der Waals surface area contributed by atoms with E-state index < -0.39 is 0 Å². The van der Waals surface area contributed by atoms with E-state index in [1.165, 1.54) is 19.3 Å². The number of nitrogens with zero attached hydrogens (tertiary/aromatic N) is 1. The van der Waals surface area contributed by atoms with Crippen LogP contribution in [0.2, 0.25) is 0 Å². The van der Waals surface area contributed by atoms with E-state index in [0.717, 1.165) is 51.1 Å². The fraction of sp³-hybridized carbons (Fsp3) is 0.923. The van der Waals surface area contributed by atoms with Crippen LogP contribution in [0.3, 0.4) is 0 Å². The van der Waals surface area contributed by atoms with Gasteiger partial charge in [-0.15, -0.1) is 0 Å². The summed E-state index contributed by atoms with van der Waals surface area (Å²) in [6.45, 7) is 8.61. The van der Waals surface area contributed by atoms with Crippen molar-refractivity contribution in [1.82, 2.24) is 10.6 Å². The molecule has 17 heavy (non-hydrogen) atoms. The first-order valence-corrected chi connectivity index (χ1v) is 6.96. The zero-order valence-electron chi connectivity index (χ0n) is 11.3. The topological polar surface area (TPSA) is 45.7 Å². The molecular formula is C13H27N3O. The van der Waals surface area contributed by atoms with E-state index in [1.807, 2.05) is 0 Å². The largest absolute Gasteiger partial charge is 0.379 e. The number of hydrogen-bond donors (Lipinski definition) is 2. The normalized spacial score (nSPS) is 16.0. The Hall–Kier alpha value is -0.770. The zero-order chi connectivity index (χ0) is 12.3. The van der Waals surface area contributed by atoms with Crippen molar-refractivity contribution in [2.24, 2.45) is 10.9 Å². The standard InChI is InChI=1S/C13H27N3O/c1-3-5-8-15-13(14-4-2)16-9-10-17-11-12-6-7-12/h12H,3-11H2,1-2H3,(H2,14,15,16). The summed E-state index contributed by atoms with van der Waals surface area (Å²) in [4.78, 5) is 4.49. The molecule has 0 atom stereocenters.